The van der Waals surface area contributed by atoms with E-state index in [1.54, 1.807) is 12.1 Å². The van der Waals surface area contributed by atoms with Crippen molar-refractivity contribution in [2.45, 2.75) is 38.6 Å². The number of fused-ring (bicyclic) bond motifs is 1. The number of hydrogen-bond acceptors (Lipinski definition) is 5. The molecule has 0 spiro atoms. The van der Waals surface area contributed by atoms with Crippen molar-refractivity contribution in [3.8, 4) is 0 Å². The predicted molar refractivity (Wildman–Crippen MR) is 99.3 cm³/mol. The van der Waals surface area contributed by atoms with Crippen LogP contribution in [0, 0.1) is 0 Å². The second kappa shape index (κ2) is 8.01. The second-order valence-corrected chi connectivity index (χ2v) is 7.81. The molecule has 2 aromatic heterocycles. The van der Waals surface area contributed by atoms with E-state index in [-0.39, 0.29) is 36.8 Å². The molecule has 0 saturated carbocycles. The van der Waals surface area contributed by atoms with Crippen LogP contribution in [0.2, 0.25) is 4.34 Å². The van der Waals surface area contributed by atoms with Crippen molar-refractivity contribution in [1.29, 1.82) is 0 Å². The van der Waals surface area contributed by atoms with E-state index >= 15 is 0 Å². The number of carbonyl (C=O) groups is 2. The molecule has 0 aliphatic heterocycles. The van der Waals surface area contributed by atoms with Crippen molar-refractivity contribution in [1.82, 2.24) is 14.9 Å². The van der Waals surface area contributed by atoms with Crippen molar-refractivity contribution in [2.24, 2.45) is 0 Å². The van der Waals surface area contributed by atoms with Crippen LogP contribution >= 0.6 is 22.9 Å². The lowest BCUT2D eigenvalue weighted by atomic mass is 9.97. The maximum absolute atomic E-state index is 12.1. The number of amides is 1. The van der Waals surface area contributed by atoms with Crippen LogP contribution in [0.5, 0.6) is 0 Å². The van der Waals surface area contributed by atoms with E-state index in [4.69, 9.17) is 11.6 Å². The van der Waals surface area contributed by atoms with Gasteiger partial charge in [0.1, 0.15) is 0 Å². The smallest absolute Gasteiger partial charge is 0.328 e. The fraction of sp³-hybridized carbons (Fsp3) is 0.412. The van der Waals surface area contributed by atoms with Gasteiger partial charge < -0.3 is 5.32 Å². The van der Waals surface area contributed by atoms with Crippen LogP contribution in [-0.2, 0) is 24.2 Å². The average molecular weight is 396 g/mol. The van der Waals surface area contributed by atoms with Gasteiger partial charge in [0.25, 0.3) is 5.56 Å². The molecule has 138 valence electrons. The first kappa shape index (κ1) is 18.6. The first-order valence-electron chi connectivity index (χ1n) is 8.36. The molecule has 1 aliphatic carbocycles. The van der Waals surface area contributed by atoms with Gasteiger partial charge in [0.15, 0.2) is 5.78 Å². The number of hydrogen-bond donors (Lipinski definition) is 2. The minimum absolute atomic E-state index is 0.0524. The van der Waals surface area contributed by atoms with Gasteiger partial charge in [-0.15, -0.1) is 11.3 Å². The number of nitrogens with one attached hydrogen (secondary N) is 2. The number of ketones is 1. The Morgan fingerprint density at radius 1 is 1.23 bits per heavy atom. The zero-order valence-corrected chi connectivity index (χ0v) is 15.5. The Morgan fingerprint density at radius 2 is 2.00 bits per heavy atom. The van der Waals surface area contributed by atoms with Gasteiger partial charge in [0, 0.05) is 24.2 Å². The second-order valence-electron chi connectivity index (χ2n) is 6.10. The fourth-order valence-electron chi connectivity index (χ4n) is 3.06. The van der Waals surface area contributed by atoms with E-state index in [1.807, 2.05) is 0 Å². The van der Waals surface area contributed by atoms with E-state index in [9.17, 15) is 19.2 Å². The van der Waals surface area contributed by atoms with Crippen LogP contribution in [0.3, 0.4) is 0 Å². The number of aromatic amines is 1. The lowest BCUT2D eigenvalue weighted by Crippen LogP contribution is -2.38. The number of thiophene rings is 1. The van der Waals surface area contributed by atoms with Crippen molar-refractivity contribution in [3.63, 3.8) is 0 Å². The third-order valence-corrected chi connectivity index (χ3v) is 5.63. The monoisotopic (exact) mass is 395 g/mol. The highest BCUT2D eigenvalue weighted by Crippen LogP contribution is 2.21. The minimum atomic E-state index is -0.493. The Bertz CT molecular complexity index is 960. The van der Waals surface area contributed by atoms with E-state index in [1.165, 1.54) is 4.57 Å². The molecule has 7 nitrogen and oxygen atoms in total. The summed E-state index contributed by atoms with van der Waals surface area (Å²) < 4.78 is 1.98. The molecule has 0 bridgehead atoms. The Morgan fingerprint density at radius 3 is 2.73 bits per heavy atom. The molecule has 1 amide bonds. The van der Waals surface area contributed by atoms with E-state index in [2.05, 4.69) is 10.3 Å². The third kappa shape index (κ3) is 4.13. The van der Waals surface area contributed by atoms with Crippen LogP contribution in [0.15, 0.2) is 21.7 Å². The zero-order valence-electron chi connectivity index (χ0n) is 14.0. The summed E-state index contributed by atoms with van der Waals surface area (Å²) in [5, 5.41) is 2.56. The van der Waals surface area contributed by atoms with Crippen LogP contribution < -0.4 is 16.6 Å². The van der Waals surface area contributed by atoms with E-state index < -0.39 is 5.69 Å². The quantitative estimate of drug-likeness (QED) is 0.724. The summed E-state index contributed by atoms with van der Waals surface area (Å²) >= 11 is 6.95. The van der Waals surface area contributed by atoms with Gasteiger partial charge in [-0.05, 0) is 37.8 Å². The lowest BCUT2D eigenvalue weighted by molar-refractivity contribution is -0.121. The molecular weight excluding hydrogens is 378 g/mol. The molecule has 1 aliphatic rings. The summed E-state index contributed by atoms with van der Waals surface area (Å²) in [5.41, 5.74) is 0.543. The first-order valence-corrected chi connectivity index (χ1v) is 9.55. The number of rotatable bonds is 6. The maximum Gasteiger partial charge on any atom is 0.328 e. The predicted octanol–water partition coefficient (Wildman–Crippen LogP) is 1.52. The van der Waals surface area contributed by atoms with E-state index in [0.717, 1.165) is 29.9 Å². The molecule has 3 rings (SSSR count). The largest absolute Gasteiger partial charge is 0.349 e. The van der Waals surface area contributed by atoms with Crippen LogP contribution in [0.1, 0.15) is 40.2 Å². The Hall–Kier alpha value is -2.19. The van der Waals surface area contributed by atoms with Gasteiger partial charge in [0.2, 0.25) is 5.91 Å². The molecule has 2 heterocycles. The van der Waals surface area contributed by atoms with Gasteiger partial charge in [-0.2, -0.15) is 0 Å². The highest BCUT2D eigenvalue weighted by molar-refractivity contribution is 7.18. The van der Waals surface area contributed by atoms with Gasteiger partial charge in [0.05, 0.1) is 15.8 Å². The van der Waals surface area contributed by atoms with Crippen molar-refractivity contribution in [2.75, 3.05) is 6.54 Å². The van der Waals surface area contributed by atoms with Crippen LogP contribution in [0.4, 0.5) is 0 Å². The van der Waals surface area contributed by atoms with Crippen molar-refractivity contribution in [3.05, 3.63) is 53.4 Å². The SMILES string of the molecule is O=C(CCn1c2c(c(=O)[nH]c1=O)CCCC2)NCC(=O)c1ccc(Cl)s1. The summed E-state index contributed by atoms with van der Waals surface area (Å²) in [6.07, 6.45) is 3.20. The number of H-pyrrole nitrogens is 1. The Kier molecular flexibility index (Phi) is 5.73. The highest BCUT2D eigenvalue weighted by Gasteiger charge is 2.19. The molecule has 2 N–H and O–H groups in total. The lowest BCUT2D eigenvalue weighted by Gasteiger charge is -2.19. The summed E-state index contributed by atoms with van der Waals surface area (Å²) in [4.78, 5) is 50.8. The first-order chi connectivity index (χ1) is 12.5. The minimum Gasteiger partial charge on any atom is -0.349 e. The molecule has 0 fully saturated rings. The number of halogens is 1. The Balaban J connectivity index is 1.61. The van der Waals surface area contributed by atoms with Gasteiger partial charge in [-0.25, -0.2) is 4.79 Å². The molecule has 26 heavy (non-hydrogen) atoms. The molecular formula is C17H18ClN3O4S. The fourth-order valence-corrected chi connectivity index (χ4v) is 4.04. The zero-order chi connectivity index (χ0) is 18.7. The average Bonchev–Trinajstić information content (AvgIpc) is 3.06. The van der Waals surface area contributed by atoms with Gasteiger partial charge in [-0.1, -0.05) is 11.6 Å². The normalized spacial score (nSPS) is 13.3. The summed E-state index contributed by atoms with van der Waals surface area (Å²) in [6.45, 7) is 0.0527. The molecule has 0 radical (unpaired) electrons. The summed E-state index contributed by atoms with van der Waals surface area (Å²) in [6, 6.07) is 3.25. The summed E-state index contributed by atoms with van der Waals surface area (Å²) in [7, 11) is 0. The van der Waals surface area contributed by atoms with Crippen molar-refractivity contribution >= 4 is 34.6 Å². The Labute approximate surface area is 158 Å². The number of nitrogens with zero attached hydrogens (tertiary/aromatic N) is 1. The van der Waals surface area contributed by atoms with Crippen LogP contribution in [0.25, 0.3) is 0 Å². The maximum atomic E-state index is 12.1. The third-order valence-electron chi connectivity index (χ3n) is 4.36. The highest BCUT2D eigenvalue weighted by atomic mass is 35.5. The molecule has 2 aromatic rings. The number of carbonyl (C=O) groups excluding carboxylic acids is 2. The van der Waals surface area contributed by atoms with Gasteiger partial charge >= 0.3 is 5.69 Å². The molecule has 0 atom stereocenters. The number of Topliss-reactive ketones (excluding diaryl/α,β-unsaturated/α-hetero) is 1. The molecule has 0 saturated heterocycles. The van der Waals surface area contributed by atoms with E-state index in [0.29, 0.717) is 27.6 Å². The number of aromatic nitrogens is 2. The topological polar surface area (TPSA) is 101 Å². The molecule has 0 unspecified atom stereocenters. The molecule has 9 heteroatoms. The van der Waals surface area contributed by atoms with Gasteiger partial charge in [-0.3, -0.25) is 23.9 Å². The standard InChI is InChI=1S/C17H18ClN3O4S/c18-14-6-5-13(26-14)12(22)9-19-15(23)7-8-21-11-4-2-1-3-10(11)16(24)20-17(21)25/h5-6H,1-4,7-9H2,(H,19,23)(H,20,24,25). The van der Waals surface area contributed by atoms with Crippen molar-refractivity contribution < 1.29 is 9.59 Å². The summed E-state index contributed by atoms with van der Waals surface area (Å²) in [5.74, 6) is -0.544. The molecule has 0 aromatic carbocycles. The van der Waals surface area contributed by atoms with Crippen LogP contribution in [-0.4, -0.2) is 27.8 Å².